The van der Waals surface area contributed by atoms with E-state index in [4.69, 9.17) is 11.6 Å². The number of hydrogen-bond acceptors (Lipinski definition) is 4. The first kappa shape index (κ1) is 27.5. The van der Waals surface area contributed by atoms with Crippen LogP contribution in [0, 0.1) is 11.6 Å². The number of halogens is 3. The highest BCUT2D eigenvalue weighted by molar-refractivity contribution is 7.92. The molecule has 0 fully saturated rings. The van der Waals surface area contributed by atoms with Gasteiger partial charge in [-0.15, -0.1) is 0 Å². The zero-order valence-corrected chi connectivity index (χ0v) is 21.0. The number of benzene rings is 2. The third kappa shape index (κ3) is 7.14. The fraction of sp³-hybridized carbons (Fsp3) is 0.391. The molecule has 0 heterocycles. The van der Waals surface area contributed by atoms with E-state index in [1.807, 2.05) is 13.8 Å². The van der Waals surface area contributed by atoms with Crippen molar-refractivity contribution < 1.29 is 26.8 Å². The third-order valence-corrected chi connectivity index (χ3v) is 6.85. The lowest BCUT2D eigenvalue weighted by Gasteiger charge is -2.32. The summed E-state index contributed by atoms with van der Waals surface area (Å²) in [7, 11) is -4.06. The van der Waals surface area contributed by atoms with Crippen molar-refractivity contribution in [2.45, 2.75) is 45.8 Å². The van der Waals surface area contributed by atoms with Gasteiger partial charge in [-0.1, -0.05) is 36.7 Å². The molecule has 0 radical (unpaired) electrons. The van der Waals surface area contributed by atoms with Crippen molar-refractivity contribution in [2.75, 3.05) is 17.1 Å². The molecule has 0 bridgehead atoms. The zero-order chi connectivity index (χ0) is 25.6. The maximum Gasteiger partial charge on any atom is 0.244 e. The Morgan fingerprint density at radius 3 is 2.29 bits per heavy atom. The van der Waals surface area contributed by atoms with Crippen LogP contribution in [0.5, 0.6) is 0 Å². The molecule has 0 saturated heterocycles. The van der Waals surface area contributed by atoms with Crippen LogP contribution in [0.1, 0.15) is 32.8 Å². The molecule has 0 aliphatic carbocycles. The van der Waals surface area contributed by atoms with Gasteiger partial charge in [0, 0.05) is 23.7 Å². The Kier molecular flexibility index (Phi) is 9.40. The van der Waals surface area contributed by atoms with Crippen LogP contribution in [0.15, 0.2) is 42.5 Å². The van der Waals surface area contributed by atoms with Gasteiger partial charge in [0.2, 0.25) is 21.8 Å². The number of carbonyl (C=O) groups excluding carboxylic acids is 2. The lowest BCUT2D eigenvalue weighted by Crippen LogP contribution is -2.52. The first-order valence-corrected chi connectivity index (χ1v) is 12.8. The Hall–Kier alpha value is -2.72. The summed E-state index contributed by atoms with van der Waals surface area (Å²) in [5, 5.41) is 3.18. The molecule has 0 aromatic heterocycles. The fourth-order valence-corrected chi connectivity index (χ4v) is 4.15. The van der Waals surface area contributed by atoms with Gasteiger partial charge in [0.05, 0.1) is 11.9 Å². The molecule has 2 atom stereocenters. The third-order valence-electron chi connectivity index (χ3n) is 5.34. The molecule has 2 amide bonds. The minimum absolute atomic E-state index is 0.0665. The van der Waals surface area contributed by atoms with E-state index in [-0.39, 0.29) is 18.3 Å². The Balaban J connectivity index is 2.42. The van der Waals surface area contributed by atoms with Gasteiger partial charge < -0.3 is 10.2 Å². The molecule has 2 rings (SSSR count). The van der Waals surface area contributed by atoms with Crippen LogP contribution >= 0.6 is 11.6 Å². The molecule has 2 aromatic carbocycles. The van der Waals surface area contributed by atoms with E-state index in [0.29, 0.717) is 27.4 Å². The maximum atomic E-state index is 13.8. The Labute approximate surface area is 203 Å². The zero-order valence-electron chi connectivity index (χ0n) is 19.4. The molecule has 0 saturated carbocycles. The number of rotatable bonds is 10. The lowest BCUT2D eigenvalue weighted by atomic mass is 10.1. The van der Waals surface area contributed by atoms with E-state index in [1.165, 1.54) is 11.8 Å². The predicted octanol–water partition coefficient (Wildman–Crippen LogP) is 3.72. The molecule has 0 aliphatic rings. The molecule has 0 unspecified atom stereocenters. The van der Waals surface area contributed by atoms with E-state index in [1.54, 1.807) is 24.3 Å². The molecule has 7 nitrogen and oxygen atoms in total. The second-order valence-corrected chi connectivity index (χ2v) is 10.3. The summed E-state index contributed by atoms with van der Waals surface area (Å²) < 4.78 is 52.7. The van der Waals surface area contributed by atoms with Gasteiger partial charge in [-0.05, 0) is 44.0 Å². The SMILES string of the molecule is CC[C@@H](C)NC(=O)[C@H](C)N(Cc1ccccc1Cl)C(=O)CN(c1ccc(F)c(F)c1)S(C)(=O)=O. The number of sulfonamides is 1. The number of anilines is 1. The topological polar surface area (TPSA) is 86.8 Å². The molecule has 0 aliphatic heterocycles. The van der Waals surface area contributed by atoms with Crippen molar-refractivity contribution in [3.63, 3.8) is 0 Å². The number of hydrogen-bond donors (Lipinski definition) is 1. The van der Waals surface area contributed by atoms with Gasteiger partial charge in [0.15, 0.2) is 11.6 Å². The summed E-state index contributed by atoms with van der Waals surface area (Å²) in [6.07, 6.45) is 1.52. The largest absolute Gasteiger partial charge is 0.352 e. The maximum absolute atomic E-state index is 13.8. The Bertz CT molecular complexity index is 1150. The highest BCUT2D eigenvalue weighted by Gasteiger charge is 2.31. The highest BCUT2D eigenvalue weighted by atomic mass is 35.5. The van der Waals surface area contributed by atoms with Gasteiger partial charge >= 0.3 is 0 Å². The Morgan fingerprint density at radius 1 is 1.09 bits per heavy atom. The molecule has 186 valence electrons. The summed E-state index contributed by atoms with van der Waals surface area (Å²) in [4.78, 5) is 27.4. The number of nitrogens with zero attached hydrogens (tertiary/aromatic N) is 2. The van der Waals surface area contributed by atoms with Crippen LogP contribution in [0.25, 0.3) is 0 Å². The molecular formula is C23H28ClF2N3O4S. The van der Waals surface area contributed by atoms with Gasteiger partial charge in [0.25, 0.3) is 0 Å². The van der Waals surface area contributed by atoms with Crippen LogP contribution < -0.4 is 9.62 Å². The van der Waals surface area contributed by atoms with Gasteiger partial charge in [0.1, 0.15) is 12.6 Å². The predicted molar refractivity (Wildman–Crippen MR) is 128 cm³/mol. The smallest absolute Gasteiger partial charge is 0.244 e. The van der Waals surface area contributed by atoms with Crippen molar-refractivity contribution in [3.05, 3.63) is 64.7 Å². The van der Waals surface area contributed by atoms with Crippen molar-refractivity contribution >= 4 is 39.1 Å². The monoisotopic (exact) mass is 515 g/mol. The number of carbonyl (C=O) groups is 2. The normalized spacial score (nSPS) is 13.1. The van der Waals surface area contributed by atoms with E-state index < -0.39 is 46.1 Å². The minimum atomic E-state index is -4.06. The standard InChI is InChI=1S/C23H28ClF2N3O4S/c1-5-15(2)27-23(31)16(3)28(13-17-8-6-7-9-19(17)24)22(30)14-29(34(4,32)33)18-10-11-20(25)21(26)12-18/h6-12,15-16H,5,13-14H2,1-4H3,(H,27,31)/t15-,16+/m1/s1. The number of amides is 2. The quantitative estimate of drug-likeness (QED) is 0.522. The molecule has 34 heavy (non-hydrogen) atoms. The van der Waals surface area contributed by atoms with E-state index >= 15 is 0 Å². The second kappa shape index (κ2) is 11.6. The molecular weight excluding hydrogens is 488 g/mol. The van der Waals surface area contributed by atoms with Gasteiger partial charge in [-0.2, -0.15) is 0 Å². The Morgan fingerprint density at radius 2 is 1.74 bits per heavy atom. The molecule has 11 heteroatoms. The van der Waals surface area contributed by atoms with Crippen LogP contribution in [0.3, 0.4) is 0 Å². The highest BCUT2D eigenvalue weighted by Crippen LogP contribution is 2.23. The van der Waals surface area contributed by atoms with E-state index in [2.05, 4.69) is 5.32 Å². The minimum Gasteiger partial charge on any atom is -0.352 e. The summed E-state index contributed by atoms with van der Waals surface area (Å²) in [6.45, 7) is 4.44. The van der Waals surface area contributed by atoms with E-state index in [0.717, 1.165) is 18.4 Å². The first-order valence-electron chi connectivity index (χ1n) is 10.6. The van der Waals surface area contributed by atoms with Crippen LogP contribution in [0.2, 0.25) is 5.02 Å². The first-order chi connectivity index (χ1) is 15.8. The van der Waals surface area contributed by atoms with Crippen LogP contribution in [-0.4, -0.2) is 50.0 Å². The fourth-order valence-electron chi connectivity index (χ4n) is 3.11. The second-order valence-electron chi connectivity index (χ2n) is 7.97. The average molecular weight is 516 g/mol. The van der Waals surface area contributed by atoms with Crippen LogP contribution in [0.4, 0.5) is 14.5 Å². The molecule has 0 spiro atoms. The number of nitrogens with one attached hydrogen (secondary N) is 1. The van der Waals surface area contributed by atoms with Crippen molar-refractivity contribution in [1.82, 2.24) is 10.2 Å². The summed E-state index contributed by atoms with van der Waals surface area (Å²) in [5.74, 6) is -3.55. The summed E-state index contributed by atoms with van der Waals surface area (Å²) >= 11 is 6.25. The summed E-state index contributed by atoms with van der Waals surface area (Å²) in [5.41, 5.74) is 0.337. The molecule has 2 aromatic rings. The van der Waals surface area contributed by atoms with Crippen molar-refractivity contribution in [3.8, 4) is 0 Å². The average Bonchev–Trinajstić information content (AvgIpc) is 2.77. The van der Waals surface area contributed by atoms with Crippen molar-refractivity contribution in [1.29, 1.82) is 0 Å². The summed E-state index contributed by atoms with van der Waals surface area (Å²) in [6, 6.07) is 8.18. The van der Waals surface area contributed by atoms with Gasteiger partial charge in [-0.25, -0.2) is 17.2 Å². The molecule has 1 N–H and O–H groups in total. The van der Waals surface area contributed by atoms with Crippen molar-refractivity contribution in [2.24, 2.45) is 0 Å². The lowest BCUT2D eigenvalue weighted by molar-refractivity contribution is -0.139. The van der Waals surface area contributed by atoms with Gasteiger partial charge in [-0.3, -0.25) is 13.9 Å². The van der Waals surface area contributed by atoms with Crippen LogP contribution in [-0.2, 0) is 26.2 Å². The van der Waals surface area contributed by atoms with E-state index in [9.17, 15) is 26.8 Å².